The molecule has 0 unspecified atom stereocenters. The number of aromatic nitrogens is 2. The van der Waals surface area contributed by atoms with Crippen LogP contribution in [0, 0.1) is 0 Å². The van der Waals surface area contributed by atoms with Crippen molar-refractivity contribution in [2.75, 3.05) is 0 Å². The maximum atomic E-state index is 5.14. The Morgan fingerprint density at radius 1 is 0.933 bits per heavy atom. The Labute approximate surface area is 86.7 Å². The predicted octanol–water partition coefficient (Wildman–Crippen LogP) is 2.84. The predicted molar refractivity (Wildman–Crippen MR) is 56.4 cm³/mol. The van der Waals surface area contributed by atoms with Crippen LogP contribution in [0.3, 0.4) is 0 Å². The molecule has 0 spiro atoms. The van der Waals surface area contributed by atoms with Crippen LogP contribution in [-0.4, -0.2) is 10.1 Å². The average Bonchev–Trinajstić information content (AvgIpc) is 2.74. The van der Waals surface area contributed by atoms with Crippen LogP contribution in [-0.2, 0) is 0 Å². The molecular formula is C12H8N2O. The highest BCUT2D eigenvalue weighted by Gasteiger charge is 2.10. The van der Waals surface area contributed by atoms with E-state index in [9.17, 15) is 0 Å². The van der Waals surface area contributed by atoms with Gasteiger partial charge in [-0.15, -0.1) is 0 Å². The first-order chi connectivity index (χ1) is 7.43. The lowest BCUT2D eigenvalue weighted by molar-refractivity contribution is 0.413. The van der Waals surface area contributed by atoms with Crippen LogP contribution in [0.4, 0.5) is 0 Å². The fourth-order valence-electron chi connectivity index (χ4n) is 1.59. The van der Waals surface area contributed by atoms with E-state index in [1.807, 2.05) is 36.4 Å². The monoisotopic (exact) mass is 196 g/mol. The minimum atomic E-state index is 0.790. The van der Waals surface area contributed by atoms with Crippen molar-refractivity contribution >= 4 is 0 Å². The topological polar surface area (TPSA) is 38.9 Å². The number of hydrogen-bond donors (Lipinski definition) is 0. The molecule has 0 saturated heterocycles. The lowest BCUT2D eigenvalue weighted by Crippen LogP contribution is -1.76. The molecule has 0 fully saturated rings. The van der Waals surface area contributed by atoms with E-state index in [0.29, 0.717) is 0 Å². The molecule has 15 heavy (non-hydrogen) atoms. The van der Waals surface area contributed by atoms with E-state index < -0.39 is 0 Å². The van der Waals surface area contributed by atoms with Gasteiger partial charge in [-0.2, -0.15) is 0 Å². The minimum absolute atomic E-state index is 0.790. The summed E-state index contributed by atoms with van der Waals surface area (Å²) in [6, 6.07) is 11.8. The fraction of sp³-hybridized carbons (Fsp3) is 0. The Kier molecular flexibility index (Phi) is 1.75. The molecule has 1 aliphatic heterocycles. The Balaban J connectivity index is 2.18. The maximum Gasteiger partial charge on any atom is 0.165 e. The largest absolute Gasteiger partial charge is 0.356 e. The van der Waals surface area contributed by atoms with Gasteiger partial charge in [0.15, 0.2) is 5.76 Å². The normalized spacial score (nSPS) is 10.7. The Morgan fingerprint density at radius 2 is 1.93 bits per heavy atom. The number of fused-ring (bicyclic) bond motifs is 1. The molecular weight excluding hydrogens is 188 g/mol. The third-order valence-corrected chi connectivity index (χ3v) is 2.31. The van der Waals surface area contributed by atoms with Gasteiger partial charge in [-0.3, -0.25) is 4.98 Å². The molecule has 0 radical (unpaired) electrons. The molecule has 1 aromatic rings. The summed E-state index contributed by atoms with van der Waals surface area (Å²) in [5.41, 5.74) is 3.05. The van der Waals surface area contributed by atoms with Gasteiger partial charge in [0.25, 0.3) is 0 Å². The first-order valence-corrected chi connectivity index (χ1v) is 4.69. The molecule has 0 N–H and O–H groups in total. The smallest absolute Gasteiger partial charge is 0.165 e. The van der Waals surface area contributed by atoms with Crippen molar-refractivity contribution in [3.8, 4) is 22.6 Å². The van der Waals surface area contributed by atoms with E-state index in [0.717, 1.165) is 22.6 Å². The first kappa shape index (κ1) is 8.17. The van der Waals surface area contributed by atoms with E-state index in [-0.39, 0.29) is 0 Å². The highest BCUT2D eigenvalue weighted by Crippen LogP contribution is 2.30. The second-order valence-electron chi connectivity index (χ2n) is 3.29. The molecule has 0 amide bonds. The van der Waals surface area contributed by atoms with Crippen molar-refractivity contribution in [1.29, 1.82) is 0 Å². The summed E-state index contributed by atoms with van der Waals surface area (Å²) in [6.45, 7) is 0. The molecule has 1 aromatic heterocycles. The third-order valence-electron chi connectivity index (χ3n) is 2.31. The lowest BCUT2D eigenvalue weighted by atomic mass is 10.2. The van der Waals surface area contributed by atoms with E-state index in [1.54, 1.807) is 12.4 Å². The van der Waals surface area contributed by atoms with Crippen LogP contribution in [0.2, 0.25) is 0 Å². The third kappa shape index (κ3) is 1.38. The van der Waals surface area contributed by atoms with Crippen LogP contribution in [0.25, 0.3) is 22.6 Å². The van der Waals surface area contributed by atoms with Gasteiger partial charge >= 0.3 is 0 Å². The Hall–Kier alpha value is -2.16. The van der Waals surface area contributed by atoms with Crippen molar-refractivity contribution in [2.45, 2.75) is 0 Å². The second kappa shape index (κ2) is 3.20. The first-order valence-electron chi connectivity index (χ1n) is 4.69. The van der Waals surface area contributed by atoms with Crippen molar-refractivity contribution < 1.29 is 4.52 Å². The summed E-state index contributed by atoms with van der Waals surface area (Å²) in [7, 11) is 0. The SMILES string of the molecule is c1ccc(-c2cc3ccnoc-3c2)nc1. The average molecular weight is 196 g/mol. The highest BCUT2D eigenvalue weighted by molar-refractivity contribution is 5.74. The molecule has 3 rings (SSSR count). The van der Waals surface area contributed by atoms with Crippen molar-refractivity contribution in [2.24, 2.45) is 0 Å². The molecule has 2 heterocycles. The molecule has 3 nitrogen and oxygen atoms in total. The van der Waals surface area contributed by atoms with Gasteiger partial charge in [-0.05, 0) is 30.3 Å². The van der Waals surface area contributed by atoms with Crippen molar-refractivity contribution in [3.63, 3.8) is 0 Å². The molecule has 0 saturated carbocycles. The summed E-state index contributed by atoms with van der Waals surface area (Å²) in [6.07, 6.45) is 3.42. The molecule has 72 valence electrons. The van der Waals surface area contributed by atoms with Gasteiger partial charge in [0.05, 0.1) is 11.9 Å². The second-order valence-corrected chi connectivity index (χ2v) is 3.29. The van der Waals surface area contributed by atoms with Gasteiger partial charge in [0, 0.05) is 17.3 Å². The number of hydrogen-bond acceptors (Lipinski definition) is 3. The van der Waals surface area contributed by atoms with E-state index in [2.05, 4.69) is 10.1 Å². The molecule has 3 heteroatoms. The van der Waals surface area contributed by atoms with Crippen LogP contribution in [0.15, 0.2) is 53.3 Å². The standard InChI is InChI=1S/C12H8N2O/c1-2-5-13-11(3-1)10-7-9-4-6-14-15-12(9)8-10/h1-8H. The van der Waals surface area contributed by atoms with Gasteiger partial charge in [-0.1, -0.05) is 11.2 Å². The number of pyridine rings is 1. The summed E-state index contributed by atoms with van der Waals surface area (Å²) >= 11 is 0. The molecule has 0 aromatic carbocycles. The van der Waals surface area contributed by atoms with Gasteiger partial charge in [-0.25, -0.2) is 0 Å². The quantitative estimate of drug-likeness (QED) is 0.600. The minimum Gasteiger partial charge on any atom is -0.356 e. The number of rotatable bonds is 1. The van der Waals surface area contributed by atoms with E-state index in [4.69, 9.17) is 4.52 Å². The van der Waals surface area contributed by atoms with E-state index >= 15 is 0 Å². The highest BCUT2D eigenvalue weighted by atomic mass is 16.5. The summed E-state index contributed by atoms with van der Waals surface area (Å²) in [5, 5.41) is 3.72. The zero-order valence-electron chi connectivity index (χ0n) is 7.92. The summed E-state index contributed by atoms with van der Waals surface area (Å²) in [4.78, 5) is 4.28. The summed E-state index contributed by atoms with van der Waals surface area (Å²) < 4.78 is 5.14. The van der Waals surface area contributed by atoms with Crippen LogP contribution >= 0.6 is 0 Å². The Bertz CT molecular complexity index is 515. The van der Waals surface area contributed by atoms with Crippen LogP contribution in [0.1, 0.15) is 0 Å². The van der Waals surface area contributed by atoms with Crippen molar-refractivity contribution in [1.82, 2.24) is 10.1 Å². The Morgan fingerprint density at radius 3 is 2.73 bits per heavy atom. The molecule has 0 atom stereocenters. The van der Waals surface area contributed by atoms with Gasteiger partial charge in [0.1, 0.15) is 0 Å². The fourth-order valence-corrected chi connectivity index (χ4v) is 1.59. The van der Waals surface area contributed by atoms with Crippen LogP contribution < -0.4 is 0 Å². The van der Waals surface area contributed by atoms with Gasteiger partial charge < -0.3 is 4.52 Å². The molecule has 1 aliphatic carbocycles. The van der Waals surface area contributed by atoms with Crippen LogP contribution in [0.5, 0.6) is 0 Å². The molecule has 2 aliphatic rings. The number of nitrogens with zero attached hydrogens (tertiary/aromatic N) is 2. The zero-order valence-corrected chi connectivity index (χ0v) is 7.92. The lowest BCUT2D eigenvalue weighted by Gasteiger charge is -1.92. The maximum absolute atomic E-state index is 5.14. The van der Waals surface area contributed by atoms with Crippen molar-refractivity contribution in [3.05, 3.63) is 48.8 Å². The van der Waals surface area contributed by atoms with Gasteiger partial charge in [0.2, 0.25) is 0 Å². The summed E-state index contributed by atoms with van der Waals surface area (Å²) in [5.74, 6) is 0.790. The molecule has 0 bridgehead atoms. The zero-order chi connectivity index (χ0) is 10.1. The van der Waals surface area contributed by atoms with E-state index in [1.165, 1.54) is 0 Å².